The summed E-state index contributed by atoms with van der Waals surface area (Å²) in [5, 5.41) is 0. The lowest BCUT2D eigenvalue weighted by molar-refractivity contribution is -0.128. The van der Waals surface area contributed by atoms with Crippen LogP contribution in [0.5, 0.6) is 0 Å². The Morgan fingerprint density at radius 1 is 1.17 bits per heavy atom. The fraction of sp³-hybridized carbons (Fsp3) is 0.500. The lowest BCUT2D eigenvalue weighted by Crippen LogP contribution is -2.63. The number of Topliss-reactive ketones (excluding diaryl/α,β-unsaturated/α-hetero) is 1. The molecular weight excluding hydrogens is 339 g/mol. The fourth-order valence-corrected chi connectivity index (χ4v) is 3.20. The first kappa shape index (κ1) is 12.6. The molecule has 0 aliphatic carbocycles. The number of ketones is 1. The summed E-state index contributed by atoms with van der Waals surface area (Å²) in [6.07, 6.45) is 0.575. The van der Waals surface area contributed by atoms with Crippen molar-refractivity contribution in [1.29, 1.82) is 0 Å². The lowest BCUT2D eigenvalue weighted by Gasteiger charge is -2.46. The van der Waals surface area contributed by atoms with Crippen LogP contribution in [0.1, 0.15) is 5.56 Å². The van der Waals surface area contributed by atoms with E-state index in [-0.39, 0.29) is 6.04 Å². The first-order valence-corrected chi connectivity index (χ1v) is 7.54. The van der Waals surface area contributed by atoms with E-state index in [0.717, 1.165) is 38.3 Å². The highest BCUT2D eigenvalue weighted by molar-refractivity contribution is 14.1. The van der Waals surface area contributed by atoms with Gasteiger partial charge < -0.3 is 0 Å². The van der Waals surface area contributed by atoms with Crippen molar-refractivity contribution in [2.75, 3.05) is 32.7 Å². The SMILES string of the molecule is O=C(Cc1ccc(I)cc1)C1CN2CCN1CC2. The van der Waals surface area contributed by atoms with Crippen LogP contribution < -0.4 is 0 Å². The highest BCUT2D eigenvalue weighted by Gasteiger charge is 2.35. The molecule has 3 fully saturated rings. The van der Waals surface area contributed by atoms with Crippen molar-refractivity contribution in [3.63, 3.8) is 0 Å². The van der Waals surface area contributed by atoms with Crippen molar-refractivity contribution in [3.05, 3.63) is 33.4 Å². The minimum Gasteiger partial charge on any atom is -0.299 e. The number of hydrogen-bond acceptors (Lipinski definition) is 3. The van der Waals surface area contributed by atoms with Gasteiger partial charge in [0.2, 0.25) is 0 Å². The zero-order valence-electron chi connectivity index (χ0n) is 10.3. The summed E-state index contributed by atoms with van der Waals surface area (Å²) in [5.74, 6) is 0.376. The molecule has 1 aromatic carbocycles. The molecular formula is C14H17IN2O. The molecule has 2 bridgehead atoms. The first-order valence-electron chi connectivity index (χ1n) is 6.46. The summed E-state index contributed by atoms with van der Waals surface area (Å²) < 4.78 is 1.22. The maximum absolute atomic E-state index is 12.4. The van der Waals surface area contributed by atoms with E-state index in [0.29, 0.717) is 12.2 Å². The quantitative estimate of drug-likeness (QED) is 0.766. The average molecular weight is 356 g/mol. The summed E-state index contributed by atoms with van der Waals surface area (Å²) in [7, 11) is 0. The molecule has 1 unspecified atom stereocenters. The van der Waals surface area contributed by atoms with Gasteiger partial charge in [-0.15, -0.1) is 0 Å². The number of rotatable bonds is 3. The number of nitrogens with zero attached hydrogens (tertiary/aromatic N) is 2. The fourth-order valence-electron chi connectivity index (χ4n) is 2.84. The Morgan fingerprint density at radius 3 is 2.39 bits per heavy atom. The molecule has 0 radical (unpaired) electrons. The second kappa shape index (κ2) is 5.27. The molecule has 4 rings (SSSR count). The van der Waals surface area contributed by atoms with Crippen molar-refractivity contribution in [2.45, 2.75) is 12.5 Å². The Kier molecular flexibility index (Phi) is 3.68. The normalized spacial score (nSPS) is 30.4. The number of carbonyl (C=O) groups is 1. The van der Waals surface area contributed by atoms with E-state index in [1.165, 1.54) is 3.57 Å². The van der Waals surface area contributed by atoms with E-state index < -0.39 is 0 Å². The van der Waals surface area contributed by atoms with Gasteiger partial charge in [0.1, 0.15) is 0 Å². The van der Waals surface area contributed by atoms with Gasteiger partial charge in [0.25, 0.3) is 0 Å². The molecule has 3 aliphatic rings. The van der Waals surface area contributed by atoms with Gasteiger partial charge in [-0.2, -0.15) is 0 Å². The predicted molar refractivity (Wildman–Crippen MR) is 79.7 cm³/mol. The van der Waals surface area contributed by atoms with E-state index in [4.69, 9.17) is 0 Å². The smallest absolute Gasteiger partial charge is 0.155 e. The number of carbonyl (C=O) groups excluding carboxylic acids is 1. The van der Waals surface area contributed by atoms with Crippen molar-refractivity contribution in [2.24, 2.45) is 0 Å². The predicted octanol–water partition coefficient (Wildman–Crippen LogP) is 1.40. The molecule has 4 heteroatoms. The summed E-state index contributed by atoms with van der Waals surface area (Å²) in [6, 6.07) is 8.40. The monoisotopic (exact) mass is 356 g/mol. The molecule has 96 valence electrons. The molecule has 0 aromatic heterocycles. The molecule has 18 heavy (non-hydrogen) atoms. The molecule has 1 atom stereocenters. The Balaban J connectivity index is 1.66. The van der Waals surface area contributed by atoms with Crippen molar-refractivity contribution in [3.8, 4) is 0 Å². The van der Waals surface area contributed by atoms with Crippen LogP contribution in [0.15, 0.2) is 24.3 Å². The Hall–Kier alpha value is -0.460. The number of hydrogen-bond donors (Lipinski definition) is 0. The largest absolute Gasteiger partial charge is 0.299 e. The van der Waals surface area contributed by atoms with Crippen LogP contribution in [-0.2, 0) is 11.2 Å². The molecule has 1 aromatic rings. The van der Waals surface area contributed by atoms with E-state index >= 15 is 0 Å². The lowest BCUT2D eigenvalue weighted by atomic mass is 9.98. The summed E-state index contributed by atoms with van der Waals surface area (Å²) >= 11 is 2.29. The highest BCUT2D eigenvalue weighted by atomic mass is 127. The molecule has 3 saturated heterocycles. The van der Waals surface area contributed by atoms with Gasteiger partial charge >= 0.3 is 0 Å². The summed E-state index contributed by atoms with van der Waals surface area (Å²) in [4.78, 5) is 17.1. The van der Waals surface area contributed by atoms with Gasteiger partial charge in [0, 0.05) is 42.7 Å². The van der Waals surface area contributed by atoms with Crippen LogP contribution in [0, 0.1) is 3.57 Å². The third kappa shape index (κ3) is 2.60. The minimum atomic E-state index is 0.131. The van der Waals surface area contributed by atoms with Crippen LogP contribution in [0.4, 0.5) is 0 Å². The molecule has 0 amide bonds. The number of fused-ring (bicyclic) bond motifs is 3. The van der Waals surface area contributed by atoms with Gasteiger partial charge in [-0.3, -0.25) is 14.6 Å². The first-order chi connectivity index (χ1) is 8.72. The van der Waals surface area contributed by atoms with Gasteiger partial charge in [0.15, 0.2) is 5.78 Å². The van der Waals surface area contributed by atoms with E-state index in [1.807, 2.05) is 0 Å². The van der Waals surface area contributed by atoms with Crippen LogP contribution in [-0.4, -0.2) is 54.3 Å². The maximum Gasteiger partial charge on any atom is 0.155 e. The number of piperazine rings is 3. The van der Waals surface area contributed by atoms with Crippen LogP contribution in [0.3, 0.4) is 0 Å². The van der Waals surface area contributed by atoms with Crippen LogP contribution in [0.25, 0.3) is 0 Å². The number of benzene rings is 1. The summed E-state index contributed by atoms with van der Waals surface area (Å²) in [5.41, 5.74) is 1.14. The zero-order valence-corrected chi connectivity index (χ0v) is 12.5. The third-order valence-corrected chi connectivity index (χ3v) is 4.66. The second-order valence-electron chi connectivity index (χ2n) is 5.12. The van der Waals surface area contributed by atoms with E-state index in [9.17, 15) is 4.79 Å². The maximum atomic E-state index is 12.4. The molecule has 0 N–H and O–H groups in total. The Bertz CT molecular complexity index is 438. The number of halogens is 1. The van der Waals surface area contributed by atoms with E-state index in [1.54, 1.807) is 0 Å². The molecule has 3 heterocycles. The van der Waals surface area contributed by atoms with Gasteiger partial charge in [0.05, 0.1) is 6.04 Å². The van der Waals surface area contributed by atoms with Crippen molar-refractivity contribution in [1.82, 2.24) is 9.80 Å². The second-order valence-corrected chi connectivity index (χ2v) is 6.37. The van der Waals surface area contributed by atoms with Crippen molar-refractivity contribution < 1.29 is 4.79 Å². The van der Waals surface area contributed by atoms with E-state index in [2.05, 4.69) is 56.7 Å². The molecule has 0 spiro atoms. The van der Waals surface area contributed by atoms with Crippen molar-refractivity contribution >= 4 is 28.4 Å². The van der Waals surface area contributed by atoms with Gasteiger partial charge in [-0.1, -0.05) is 12.1 Å². The third-order valence-electron chi connectivity index (χ3n) is 3.94. The Labute approximate surface area is 121 Å². The molecule has 3 nitrogen and oxygen atoms in total. The van der Waals surface area contributed by atoms with Crippen LogP contribution in [0.2, 0.25) is 0 Å². The van der Waals surface area contributed by atoms with Gasteiger partial charge in [-0.25, -0.2) is 0 Å². The van der Waals surface area contributed by atoms with Crippen LogP contribution >= 0.6 is 22.6 Å². The summed E-state index contributed by atoms with van der Waals surface area (Å²) in [6.45, 7) is 5.32. The topological polar surface area (TPSA) is 23.6 Å². The minimum absolute atomic E-state index is 0.131. The molecule has 0 saturated carbocycles. The standard InChI is InChI=1S/C14H17IN2O/c15-12-3-1-11(2-4-12)9-14(18)13-10-16-5-7-17(13)8-6-16/h1-4,13H,5-10H2. The average Bonchev–Trinajstić information content (AvgIpc) is 2.42. The highest BCUT2D eigenvalue weighted by Crippen LogP contribution is 2.18. The molecule has 3 aliphatic heterocycles. The van der Waals surface area contributed by atoms with Gasteiger partial charge in [-0.05, 0) is 40.3 Å². The zero-order chi connectivity index (χ0) is 12.5. The Morgan fingerprint density at radius 2 is 1.83 bits per heavy atom.